The van der Waals surface area contributed by atoms with E-state index in [1.165, 1.54) is 12.8 Å². The smallest absolute Gasteiger partial charge is 0.124 e. The van der Waals surface area contributed by atoms with Crippen molar-refractivity contribution in [2.45, 2.75) is 37.6 Å². The standard InChI is InChI=1S/C10H16O3/c1-2-3-8-9-10(8,13-9)6-11-4-7-5-12-7/h7-9H,2-6H2,1H3. The molecular weight excluding hydrogens is 168 g/mol. The molecule has 4 atom stereocenters. The van der Waals surface area contributed by atoms with Crippen LogP contribution in [0.5, 0.6) is 0 Å². The zero-order valence-electron chi connectivity index (χ0n) is 7.99. The average Bonchev–Trinajstić information content (AvgIpc) is 2.92. The van der Waals surface area contributed by atoms with Gasteiger partial charge in [0.1, 0.15) is 11.7 Å². The first-order chi connectivity index (χ1) is 6.37. The third-order valence-corrected chi connectivity index (χ3v) is 3.29. The molecule has 3 nitrogen and oxygen atoms in total. The maximum Gasteiger partial charge on any atom is 0.124 e. The number of rotatable bonds is 6. The van der Waals surface area contributed by atoms with Gasteiger partial charge in [-0.3, -0.25) is 0 Å². The molecule has 3 heteroatoms. The van der Waals surface area contributed by atoms with Crippen molar-refractivity contribution in [2.24, 2.45) is 5.92 Å². The van der Waals surface area contributed by atoms with Crippen LogP contribution in [-0.4, -0.2) is 37.6 Å². The van der Waals surface area contributed by atoms with Gasteiger partial charge in [-0.2, -0.15) is 0 Å². The largest absolute Gasteiger partial charge is 0.376 e. The van der Waals surface area contributed by atoms with Gasteiger partial charge in [0.05, 0.1) is 25.9 Å². The first-order valence-corrected chi connectivity index (χ1v) is 5.24. The van der Waals surface area contributed by atoms with Crippen LogP contribution in [0.3, 0.4) is 0 Å². The molecule has 2 saturated heterocycles. The van der Waals surface area contributed by atoms with Gasteiger partial charge in [0.2, 0.25) is 0 Å². The predicted molar refractivity (Wildman–Crippen MR) is 46.6 cm³/mol. The second kappa shape index (κ2) is 2.69. The molecule has 0 amide bonds. The van der Waals surface area contributed by atoms with Crippen LogP contribution in [0.25, 0.3) is 0 Å². The summed E-state index contributed by atoms with van der Waals surface area (Å²) in [6.45, 7) is 4.67. The molecule has 4 unspecified atom stereocenters. The van der Waals surface area contributed by atoms with Gasteiger partial charge in [0.25, 0.3) is 0 Å². The van der Waals surface area contributed by atoms with E-state index in [9.17, 15) is 0 Å². The second-order valence-corrected chi connectivity index (χ2v) is 4.36. The molecule has 2 aliphatic heterocycles. The molecule has 0 spiro atoms. The average molecular weight is 184 g/mol. The highest BCUT2D eigenvalue weighted by atomic mass is 16.7. The van der Waals surface area contributed by atoms with Gasteiger partial charge in [0, 0.05) is 5.92 Å². The van der Waals surface area contributed by atoms with E-state index in [0.717, 1.165) is 25.7 Å². The van der Waals surface area contributed by atoms with Crippen LogP contribution < -0.4 is 0 Å². The van der Waals surface area contributed by atoms with Crippen LogP contribution in [0.2, 0.25) is 0 Å². The van der Waals surface area contributed by atoms with Gasteiger partial charge in [-0.1, -0.05) is 13.3 Å². The van der Waals surface area contributed by atoms with Gasteiger partial charge in [-0.05, 0) is 6.42 Å². The zero-order valence-corrected chi connectivity index (χ0v) is 7.99. The number of hydrogen-bond donors (Lipinski definition) is 0. The molecule has 2 heterocycles. The van der Waals surface area contributed by atoms with Crippen molar-refractivity contribution in [1.29, 1.82) is 0 Å². The Morgan fingerprint density at radius 2 is 2.38 bits per heavy atom. The molecule has 0 aromatic rings. The quantitative estimate of drug-likeness (QED) is 0.577. The fraction of sp³-hybridized carbons (Fsp3) is 1.00. The highest BCUT2D eigenvalue weighted by Crippen LogP contribution is 2.67. The summed E-state index contributed by atoms with van der Waals surface area (Å²) in [5, 5.41) is 0. The molecule has 0 aromatic heterocycles. The van der Waals surface area contributed by atoms with Crippen molar-refractivity contribution in [3.8, 4) is 0 Å². The van der Waals surface area contributed by atoms with E-state index in [0.29, 0.717) is 12.2 Å². The third kappa shape index (κ3) is 1.30. The van der Waals surface area contributed by atoms with Crippen LogP contribution in [0.15, 0.2) is 0 Å². The first-order valence-electron chi connectivity index (χ1n) is 5.24. The Hall–Kier alpha value is -0.120. The van der Waals surface area contributed by atoms with E-state index in [1.807, 2.05) is 0 Å². The number of ether oxygens (including phenoxy) is 3. The maximum atomic E-state index is 5.55. The summed E-state index contributed by atoms with van der Waals surface area (Å²) in [5.41, 5.74) is 0.172. The minimum absolute atomic E-state index is 0.172. The van der Waals surface area contributed by atoms with Crippen molar-refractivity contribution in [3.05, 3.63) is 0 Å². The highest BCUT2D eigenvalue weighted by Gasteiger charge is 2.81. The lowest BCUT2D eigenvalue weighted by atomic mass is 10.1. The van der Waals surface area contributed by atoms with E-state index in [1.54, 1.807) is 0 Å². The summed E-state index contributed by atoms with van der Waals surface area (Å²) in [5.74, 6) is 0.803. The monoisotopic (exact) mass is 184 g/mol. The molecule has 3 rings (SSSR count). The van der Waals surface area contributed by atoms with Crippen molar-refractivity contribution >= 4 is 0 Å². The molecular formula is C10H16O3. The van der Waals surface area contributed by atoms with Gasteiger partial charge >= 0.3 is 0 Å². The lowest BCUT2D eigenvalue weighted by molar-refractivity contribution is 0.0392. The molecule has 0 bridgehead atoms. The molecule has 74 valence electrons. The number of hydrogen-bond acceptors (Lipinski definition) is 3. The molecule has 13 heavy (non-hydrogen) atoms. The Morgan fingerprint density at radius 3 is 3.00 bits per heavy atom. The fourth-order valence-electron chi connectivity index (χ4n) is 2.20. The minimum Gasteiger partial charge on any atom is -0.376 e. The Balaban J connectivity index is 1.37. The number of epoxide rings is 2. The molecule has 3 fully saturated rings. The van der Waals surface area contributed by atoms with Crippen LogP contribution in [0, 0.1) is 5.92 Å². The number of fused-ring (bicyclic) bond motifs is 1. The Labute approximate surface area is 78.3 Å². The highest BCUT2D eigenvalue weighted by molar-refractivity contribution is 5.28. The van der Waals surface area contributed by atoms with Crippen LogP contribution in [0.4, 0.5) is 0 Å². The van der Waals surface area contributed by atoms with Crippen LogP contribution >= 0.6 is 0 Å². The molecule has 0 aromatic carbocycles. The summed E-state index contributed by atoms with van der Waals surface area (Å²) >= 11 is 0. The normalized spacial score (nSPS) is 50.1. The third-order valence-electron chi connectivity index (χ3n) is 3.29. The van der Waals surface area contributed by atoms with E-state index in [-0.39, 0.29) is 5.60 Å². The van der Waals surface area contributed by atoms with Crippen LogP contribution in [0.1, 0.15) is 19.8 Å². The van der Waals surface area contributed by atoms with Crippen LogP contribution in [-0.2, 0) is 14.2 Å². The van der Waals surface area contributed by atoms with Gasteiger partial charge in [-0.15, -0.1) is 0 Å². The summed E-state index contributed by atoms with van der Waals surface area (Å²) in [7, 11) is 0. The van der Waals surface area contributed by atoms with Crippen molar-refractivity contribution in [2.75, 3.05) is 19.8 Å². The Bertz CT molecular complexity index is 214. The van der Waals surface area contributed by atoms with Gasteiger partial charge in [-0.25, -0.2) is 0 Å². The lowest BCUT2D eigenvalue weighted by Gasteiger charge is -2.09. The molecule has 0 N–H and O–H groups in total. The van der Waals surface area contributed by atoms with E-state index >= 15 is 0 Å². The second-order valence-electron chi connectivity index (χ2n) is 4.36. The Morgan fingerprint density at radius 1 is 1.54 bits per heavy atom. The lowest BCUT2D eigenvalue weighted by Crippen LogP contribution is -2.17. The molecule has 3 aliphatic rings. The zero-order chi connectivity index (χ0) is 8.89. The van der Waals surface area contributed by atoms with Gasteiger partial charge in [0.15, 0.2) is 0 Å². The van der Waals surface area contributed by atoms with Gasteiger partial charge < -0.3 is 14.2 Å². The predicted octanol–water partition coefficient (Wildman–Crippen LogP) is 0.969. The molecule has 0 radical (unpaired) electrons. The summed E-state index contributed by atoms with van der Waals surface area (Å²) in [4.78, 5) is 0. The summed E-state index contributed by atoms with van der Waals surface area (Å²) in [6.07, 6.45) is 3.50. The van der Waals surface area contributed by atoms with E-state index < -0.39 is 0 Å². The van der Waals surface area contributed by atoms with Crippen molar-refractivity contribution in [1.82, 2.24) is 0 Å². The minimum atomic E-state index is 0.172. The Kier molecular flexibility index (Phi) is 1.70. The van der Waals surface area contributed by atoms with Crippen molar-refractivity contribution < 1.29 is 14.2 Å². The van der Waals surface area contributed by atoms with Crippen molar-refractivity contribution in [3.63, 3.8) is 0 Å². The maximum absolute atomic E-state index is 5.55. The van der Waals surface area contributed by atoms with E-state index in [4.69, 9.17) is 14.2 Å². The summed E-state index contributed by atoms with van der Waals surface area (Å²) < 4.78 is 16.1. The molecule has 1 saturated carbocycles. The fourth-order valence-corrected chi connectivity index (χ4v) is 2.20. The SMILES string of the molecule is CCCC1C2OC12COCC1CO1. The topological polar surface area (TPSA) is 34.3 Å². The van der Waals surface area contributed by atoms with E-state index in [2.05, 4.69) is 6.92 Å². The summed E-state index contributed by atoms with van der Waals surface area (Å²) in [6, 6.07) is 0. The first kappa shape index (κ1) is 8.21. The molecule has 1 aliphatic carbocycles.